The standard InChI is InChI=1S/C9H8O3/c10-5-8-9(11)6-3-1-2-4-7(6)12-8/h1-4,10-11H,5H2. The number of aliphatic hydroxyl groups excluding tert-OH is 1. The third-order valence-electron chi connectivity index (χ3n) is 1.78. The van der Waals surface area contributed by atoms with E-state index < -0.39 is 0 Å². The van der Waals surface area contributed by atoms with E-state index in [1.165, 1.54) is 0 Å². The fourth-order valence-electron chi connectivity index (χ4n) is 1.19. The molecule has 62 valence electrons. The Morgan fingerprint density at radius 2 is 2.00 bits per heavy atom. The first-order valence-corrected chi connectivity index (χ1v) is 3.63. The summed E-state index contributed by atoms with van der Waals surface area (Å²) < 4.78 is 5.15. The first kappa shape index (κ1) is 7.18. The molecule has 0 fully saturated rings. The van der Waals surface area contributed by atoms with Crippen LogP contribution in [-0.4, -0.2) is 10.2 Å². The van der Waals surface area contributed by atoms with Crippen LogP contribution in [0.4, 0.5) is 0 Å². The summed E-state index contributed by atoms with van der Waals surface area (Å²) in [5, 5.41) is 18.8. The van der Waals surface area contributed by atoms with E-state index in [4.69, 9.17) is 9.52 Å². The molecule has 0 spiro atoms. The van der Waals surface area contributed by atoms with Crippen LogP contribution in [0.15, 0.2) is 28.7 Å². The van der Waals surface area contributed by atoms with Gasteiger partial charge in [0.15, 0.2) is 11.5 Å². The van der Waals surface area contributed by atoms with Crippen LogP contribution >= 0.6 is 0 Å². The molecule has 2 N–H and O–H groups in total. The van der Waals surface area contributed by atoms with Crippen molar-refractivity contribution in [1.82, 2.24) is 0 Å². The van der Waals surface area contributed by atoms with Gasteiger partial charge in [0.05, 0.1) is 5.39 Å². The second-order valence-electron chi connectivity index (χ2n) is 2.53. The number of furan rings is 1. The largest absolute Gasteiger partial charge is 0.504 e. The normalized spacial score (nSPS) is 10.8. The maximum Gasteiger partial charge on any atom is 0.172 e. The zero-order valence-electron chi connectivity index (χ0n) is 6.32. The van der Waals surface area contributed by atoms with Gasteiger partial charge in [0.1, 0.15) is 12.2 Å². The molecule has 0 aliphatic carbocycles. The van der Waals surface area contributed by atoms with E-state index in [9.17, 15) is 5.11 Å². The van der Waals surface area contributed by atoms with Crippen LogP contribution in [-0.2, 0) is 6.61 Å². The predicted molar refractivity (Wildman–Crippen MR) is 43.8 cm³/mol. The van der Waals surface area contributed by atoms with Crippen molar-refractivity contribution >= 4 is 11.0 Å². The van der Waals surface area contributed by atoms with Crippen molar-refractivity contribution in [3.8, 4) is 5.75 Å². The fraction of sp³-hybridized carbons (Fsp3) is 0.111. The molecule has 0 aliphatic rings. The summed E-state index contributed by atoms with van der Waals surface area (Å²) in [4.78, 5) is 0. The van der Waals surface area contributed by atoms with E-state index in [1.54, 1.807) is 18.2 Å². The van der Waals surface area contributed by atoms with E-state index in [1.807, 2.05) is 6.07 Å². The number of fused-ring (bicyclic) bond motifs is 1. The van der Waals surface area contributed by atoms with Gasteiger partial charge in [-0.25, -0.2) is 0 Å². The molecule has 1 aromatic carbocycles. The van der Waals surface area contributed by atoms with Gasteiger partial charge in [-0.1, -0.05) is 12.1 Å². The van der Waals surface area contributed by atoms with Crippen LogP contribution in [0.3, 0.4) is 0 Å². The quantitative estimate of drug-likeness (QED) is 0.673. The molecular weight excluding hydrogens is 156 g/mol. The molecule has 0 bridgehead atoms. The number of aromatic hydroxyl groups is 1. The molecular formula is C9H8O3. The Morgan fingerprint density at radius 3 is 2.67 bits per heavy atom. The van der Waals surface area contributed by atoms with Gasteiger partial charge in [-0.3, -0.25) is 0 Å². The molecule has 0 unspecified atom stereocenters. The SMILES string of the molecule is OCc1oc2ccccc2c1O. The summed E-state index contributed by atoms with van der Waals surface area (Å²) in [5.74, 6) is 0.254. The van der Waals surface area contributed by atoms with Crippen LogP contribution in [0, 0.1) is 0 Å². The molecule has 3 nitrogen and oxygen atoms in total. The Morgan fingerprint density at radius 1 is 1.25 bits per heavy atom. The van der Waals surface area contributed by atoms with Crippen LogP contribution in [0.25, 0.3) is 11.0 Å². The van der Waals surface area contributed by atoms with E-state index in [-0.39, 0.29) is 18.1 Å². The van der Waals surface area contributed by atoms with E-state index in [0.717, 1.165) is 0 Å². The molecule has 3 heteroatoms. The Hall–Kier alpha value is -1.48. The topological polar surface area (TPSA) is 53.6 Å². The number of hydrogen-bond acceptors (Lipinski definition) is 3. The lowest BCUT2D eigenvalue weighted by Crippen LogP contribution is -1.75. The van der Waals surface area contributed by atoms with Crippen LogP contribution < -0.4 is 0 Å². The van der Waals surface area contributed by atoms with Gasteiger partial charge in [0.2, 0.25) is 0 Å². The summed E-state index contributed by atoms with van der Waals surface area (Å²) in [7, 11) is 0. The smallest absolute Gasteiger partial charge is 0.172 e. The molecule has 0 saturated carbocycles. The van der Waals surface area contributed by atoms with Crippen molar-refractivity contribution in [2.75, 3.05) is 0 Å². The third kappa shape index (κ3) is 0.871. The van der Waals surface area contributed by atoms with Crippen LogP contribution in [0.2, 0.25) is 0 Å². The number of aliphatic hydroxyl groups is 1. The lowest BCUT2D eigenvalue weighted by atomic mass is 10.2. The molecule has 2 rings (SSSR count). The second kappa shape index (κ2) is 2.53. The Labute approximate surface area is 68.9 Å². The molecule has 0 aliphatic heterocycles. The van der Waals surface area contributed by atoms with Crippen LogP contribution in [0.5, 0.6) is 5.75 Å². The average molecular weight is 164 g/mol. The highest BCUT2D eigenvalue weighted by atomic mass is 16.4. The van der Waals surface area contributed by atoms with Crippen molar-refractivity contribution in [2.24, 2.45) is 0 Å². The first-order valence-electron chi connectivity index (χ1n) is 3.63. The van der Waals surface area contributed by atoms with Crippen molar-refractivity contribution < 1.29 is 14.6 Å². The molecule has 0 atom stereocenters. The van der Waals surface area contributed by atoms with Gasteiger partial charge in [0, 0.05) is 0 Å². The highest BCUT2D eigenvalue weighted by Crippen LogP contribution is 2.31. The van der Waals surface area contributed by atoms with Gasteiger partial charge < -0.3 is 14.6 Å². The van der Waals surface area contributed by atoms with E-state index >= 15 is 0 Å². The molecule has 0 radical (unpaired) electrons. The first-order chi connectivity index (χ1) is 5.83. The zero-order valence-corrected chi connectivity index (χ0v) is 6.32. The molecule has 12 heavy (non-hydrogen) atoms. The van der Waals surface area contributed by atoms with Crippen LogP contribution in [0.1, 0.15) is 5.76 Å². The summed E-state index contributed by atoms with van der Waals surface area (Å²) in [6.07, 6.45) is 0. The Bertz CT molecular complexity index is 403. The van der Waals surface area contributed by atoms with Gasteiger partial charge in [-0.05, 0) is 12.1 Å². The summed E-state index contributed by atoms with van der Waals surface area (Å²) in [5.41, 5.74) is 0.596. The van der Waals surface area contributed by atoms with Crippen molar-refractivity contribution in [1.29, 1.82) is 0 Å². The maximum atomic E-state index is 9.44. The fourth-order valence-corrected chi connectivity index (χ4v) is 1.19. The lowest BCUT2D eigenvalue weighted by molar-refractivity contribution is 0.243. The summed E-state index contributed by atoms with van der Waals surface area (Å²) >= 11 is 0. The van der Waals surface area contributed by atoms with Gasteiger partial charge >= 0.3 is 0 Å². The molecule has 2 aromatic rings. The minimum absolute atomic E-state index is 0.0353. The second-order valence-corrected chi connectivity index (χ2v) is 2.53. The van der Waals surface area contributed by atoms with Gasteiger partial charge in [-0.15, -0.1) is 0 Å². The number of rotatable bonds is 1. The van der Waals surface area contributed by atoms with E-state index in [2.05, 4.69) is 0 Å². The molecule has 0 saturated heterocycles. The van der Waals surface area contributed by atoms with Gasteiger partial charge in [0.25, 0.3) is 0 Å². The minimum atomic E-state index is -0.277. The third-order valence-corrected chi connectivity index (χ3v) is 1.78. The van der Waals surface area contributed by atoms with Crippen molar-refractivity contribution in [2.45, 2.75) is 6.61 Å². The highest BCUT2D eigenvalue weighted by Gasteiger charge is 2.10. The highest BCUT2D eigenvalue weighted by molar-refractivity contribution is 5.84. The lowest BCUT2D eigenvalue weighted by Gasteiger charge is -1.87. The van der Waals surface area contributed by atoms with E-state index in [0.29, 0.717) is 11.0 Å². The van der Waals surface area contributed by atoms with Gasteiger partial charge in [-0.2, -0.15) is 0 Å². The summed E-state index contributed by atoms with van der Waals surface area (Å²) in [6.45, 7) is -0.277. The maximum absolute atomic E-state index is 9.44. The molecule has 1 aromatic heterocycles. The number of benzene rings is 1. The molecule has 1 heterocycles. The van der Waals surface area contributed by atoms with Crippen molar-refractivity contribution in [3.05, 3.63) is 30.0 Å². The minimum Gasteiger partial charge on any atom is -0.504 e. The number of hydrogen-bond donors (Lipinski definition) is 2. The predicted octanol–water partition coefficient (Wildman–Crippen LogP) is 1.63. The zero-order chi connectivity index (χ0) is 8.55. The Balaban J connectivity index is 2.78. The summed E-state index contributed by atoms with van der Waals surface area (Å²) in [6, 6.07) is 7.10. The monoisotopic (exact) mass is 164 g/mol. The number of para-hydroxylation sites is 1. The molecule has 0 amide bonds. The average Bonchev–Trinajstić information content (AvgIpc) is 2.44. The van der Waals surface area contributed by atoms with Crippen molar-refractivity contribution in [3.63, 3.8) is 0 Å². The Kier molecular flexibility index (Phi) is 1.52.